The number of thiophene rings is 1. The molecule has 2 aromatic heterocycles. The van der Waals surface area contributed by atoms with Crippen LogP contribution < -0.4 is 9.56 Å². The number of ether oxygens (including phenoxy) is 1. The molecule has 0 bridgehead atoms. The summed E-state index contributed by atoms with van der Waals surface area (Å²) in [5.41, 5.74) is -0.122. The maximum Gasteiger partial charge on any atom is 0.358 e. The van der Waals surface area contributed by atoms with Crippen LogP contribution in [0.25, 0.3) is 0 Å². The molecule has 1 N–H and O–H groups in total. The molecule has 0 saturated heterocycles. The third-order valence-electron chi connectivity index (χ3n) is 3.78. The number of sulfonamides is 1. The van der Waals surface area contributed by atoms with Crippen molar-refractivity contribution in [3.05, 3.63) is 26.4 Å². The summed E-state index contributed by atoms with van der Waals surface area (Å²) >= 11 is 6.26. The summed E-state index contributed by atoms with van der Waals surface area (Å²) in [5, 5.41) is 5.46. The highest BCUT2D eigenvalue weighted by atomic mass is 32.2. The molecule has 0 saturated carbocycles. The Hall–Kier alpha value is -2.25. The Kier molecular flexibility index (Phi) is 7.19. The van der Waals surface area contributed by atoms with Crippen LogP contribution in [0.2, 0.25) is 0 Å². The first-order valence-corrected chi connectivity index (χ1v) is 11.5. The molecule has 0 aromatic carbocycles. The predicted octanol–water partition coefficient (Wildman–Crippen LogP) is 2.34. The summed E-state index contributed by atoms with van der Waals surface area (Å²) in [4.78, 5) is 30.1. The van der Waals surface area contributed by atoms with Crippen LogP contribution in [0.3, 0.4) is 0 Å². The number of aryl methyl sites for hydroxylation is 1. The number of hydrogen-bond donors (Lipinski definition) is 1. The first-order valence-electron chi connectivity index (χ1n) is 8.70. The Labute approximate surface area is 177 Å². The van der Waals surface area contributed by atoms with E-state index < -0.39 is 22.0 Å². The average molecular weight is 463 g/mol. The number of nitrogens with one attached hydrogen (secondary N) is 1. The minimum Gasteiger partial charge on any atom is -0.462 e. The van der Waals surface area contributed by atoms with Gasteiger partial charge in [0.25, 0.3) is 10.0 Å². The standard InChI is InChI=1S/C16H22N4O6S3/c1-6-11-12(10(8-28-11)14(21)26-7-2)29(23,24)18-15(22)19-16(27)20(25-5)13(17-19)9(3)4/h8-9H,6-7H2,1-5H3,(H,18,22). The van der Waals surface area contributed by atoms with Gasteiger partial charge in [-0.1, -0.05) is 20.8 Å². The molecule has 0 aliphatic carbocycles. The Morgan fingerprint density at radius 1 is 1.34 bits per heavy atom. The largest absolute Gasteiger partial charge is 0.462 e. The Morgan fingerprint density at radius 2 is 2.00 bits per heavy atom. The van der Waals surface area contributed by atoms with Crippen LogP contribution in [0.15, 0.2) is 10.3 Å². The van der Waals surface area contributed by atoms with Crippen LogP contribution in [-0.4, -0.2) is 48.6 Å². The molecule has 0 aliphatic heterocycles. The third kappa shape index (κ3) is 4.51. The van der Waals surface area contributed by atoms with Crippen LogP contribution in [0.5, 0.6) is 0 Å². The SMILES string of the molecule is CCOC(=O)c1csc(CC)c1S(=O)(=O)NC(=O)n1nc(C(C)C)n(OC)c1=S. The van der Waals surface area contributed by atoms with E-state index in [0.717, 1.165) is 20.7 Å². The second kappa shape index (κ2) is 9.05. The van der Waals surface area contributed by atoms with Crippen LogP contribution in [0.1, 0.15) is 54.7 Å². The molecule has 160 valence electrons. The van der Waals surface area contributed by atoms with E-state index in [0.29, 0.717) is 17.1 Å². The molecule has 0 aliphatic rings. The fraction of sp³-hybridized carbons (Fsp3) is 0.500. The minimum atomic E-state index is -4.40. The van der Waals surface area contributed by atoms with Gasteiger partial charge in [-0.2, -0.15) is 0 Å². The van der Waals surface area contributed by atoms with Crippen LogP contribution in [-0.2, 0) is 21.2 Å². The third-order valence-corrected chi connectivity index (χ3v) is 6.83. The van der Waals surface area contributed by atoms with Gasteiger partial charge in [0.2, 0.25) is 4.77 Å². The van der Waals surface area contributed by atoms with Crippen molar-refractivity contribution in [2.24, 2.45) is 0 Å². The van der Waals surface area contributed by atoms with Gasteiger partial charge in [-0.25, -0.2) is 22.7 Å². The Bertz CT molecular complexity index is 1080. The number of aromatic nitrogens is 3. The highest BCUT2D eigenvalue weighted by molar-refractivity contribution is 7.90. The van der Waals surface area contributed by atoms with Crippen LogP contribution in [0, 0.1) is 4.77 Å². The Balaban J connectivity index is 2.48. The number of hydrogen-bond acceptors (Lipinski definition) is 9. The topological polar surface area (TPSA) is 122 Å². The maximum absolute atomic E-state index is 12.9. The molecule has 0 unspecified atom stereocenters. The molecule has 2 rings (SSSR count). The fourth-order valence-electron chi connectivity index (χ4n) is 2.51. The van der Waals surface area contributed by atoms with E-state index in [1.807, 2.05) is 18.6 Å². The van der Waals surface area contributed by atoms with Gasteiger partial charge in [0.05, 0.1) is 12.2 Å². The van der Waals surface area contributed by atoms with Crippen molar-refractivity contribution >= 4 is 45.6 Å². The molecule has 0 spiro atoms. The van der Waals surface area contributed by atoms with E-state index in [1.54, 1.807) is 13.8 Å². The summed E-state index contributed by atoms with van der Waals surface area (Å²) in [6.45, 7) is 7.07. The van der Waals surface area contributed by atoms with Gasteiger partial charge in [-0.3, -0.25) is 0 Å². The summed E-state index contributed by atoms with van der Waals surface area (Å²) in [5.74, 6) is -0.568. The number of nitrogens with zero attached hydrogens (tertiary/aromatic N) is 3. The van der Waals surface area contributed by atoms with Crippen molar-refractivity contribution in [2.45, 2.75) is 44.9 Å². The van der Waals surface area contributed by atoms with Crippen molar-refractivity contribution in [2.75, 3.05) is 13.7 Å². The molecule has 29 heavy (non-hydrogen) atoms. The van der Waals surface area contributed by atoms with Gasteiger partial charge in [0.15, 0.2) is 5.82 Å². The van der Waals surface area contributed by atoms with Gasteiger partial charge in [0.1, 0.15) is 12.0 Å². The van der Waals surface area contributed by atoms with Gasteiger partial charge < -0.3 is 9.57 Å². The quantitative estimate of drug-likeness (QED) is 0.492. The van der Waals surface area contributed by atoms with Crippen LogP contribution in [0.4, 0.5) is 4.79 Å². The molecule has 13 heteroatoms. The number of esters is 1. The molecule has 2 heterocycles. The molecule has 2 aromatic rings. The Morgan fingerprint density at radius 3 is 2.48 bits per heavy atom. The van der Waals surface area contributed by atoms with Crippen molar-refractivity contribution in [3.8, 4) is 0 Å². The molecule has 10 nitrogen and oxygen atoms in total. The van der Waals surface area contributed by atoms with Gasteiger partial charge >= 0.3 is 12.0 Å². The molecule has 1 amide bonds. The van der Waals surface area contributed by atoms with Gasteiger partial charge in [-0.15, -0.1) is 25.8 Å². The first kappa shape index (κ1) is 23.0. The second-order valence-corrected chi connectivity index (χ2v) is 9.02. The number of carbonyl (C=O) groups is 2. The molecule has 0 atom stereocenters. The van der Waals surface area contributed by atoms with Gasteiger partial charge in [0, 0.05) is 16.2 Å². The summed E-state index contributed by atoms with van der Waals surface area (Å²) in [7, 11) is -3.04. The van der Waals surface area contributed by atoms with E-state index in [9.17, 15) is 18.0 Å². The second-order valence-electron chi connectivity index (χ2n) is 6.07. The number of amides is 1. The highest BCUT2D eigenvalue weighted by Crippen LogP contribution is 2.28. The first-order chi connectivity index (χ1) is 13.6. The maximum atomic E-state index is 12.9. The zero-order chi connectivity index (χ0) is 21.9. The lowest BCUT2D eigenvalue weighted by atomic mass is 10.2. The predicted molar refractivity (Wildman–Crippen MR) is 108 cm³/mol. The van der Waals surface area contributed by atoms with E-state index in [2.05, 4.69) is 5.10 Å². The summed E-state index contributed by atoms with van der Waals surface area (Å²) in [6.07, 6.45) is 0.351. The lowest BCUT2D eigenvalue weighted by Gasteiger charge is -2.09. The number of rotatable bonds is 7. The lowest BCUT2D eigenvalue weighted by Crippen LogP contribution is -2.36. The highest BCUT2D eigenvalue weighted by Gasteiger charge is 2.31. The molecule has 0 fully saturated rings. The van der Waals surface area contributed by atoms with E-state index in [4.69, 9.17) is 21.8 Å². The number of carbonyl (C=O) groups excluding carboxylic acids is 2. The van der Waals surface area contributed by atoms with E-state index >= 15 is 0 Å². The van der Waals surface area contributed by atoms with Crippen molar-refractivity contribution in [1.82, 2.24) is 19.2 Å². The molecular weight excluding hydrogens is 440 g/mol. The average Bonchev–Trinajstić information content (AvgIpc) is 3.23. The molecular formula is C16H22N4O6S3. The smallest absolute Gasteiger partial charge is 0.358 e. The monoisotopic (exact) mass is 462 g/mol. The summed E-state index contributed by atoms with van der Waals surface area (Å²) in [6, 6.07) is -1.09. The normalized spacial score (nSPS) is 11.5. The van der Waals surface area contributed by atoms with Crippen molar-refractivity contribution < 1.29 is 27.6 Å². The van der Waals surface area contributed by atoms with Crippen molar-refractivity contribution in [1.29, 1.82) is 0 Å². The van der Waals surface area contributed by atoms with Crippen molar-refractivity contribution in [3.63, 3.8) is 0 Å². The van der Waals surface area contributed by atoms with E-state index in [-0.39, 0.29) is 27.8 Å². The van der Waals surface area contributed by atoms with E-state index in [1.165, 1.54) is 12.5 Å². The zero-order valence-electron chi connectivity index (χ0n) is 16.6. The summed E-state index contributed by atoms with van der Waals surface area (Å²) < 4.78 is 34.5. The minimum absolute atomic E-state index is 0.0869. The lowest BCUT2D eigenvalue weighted by molar-refractivity contribution is 0.0522. The van der Waals surface area contributed by atoms with Crippen LogP contribution >= 0.6 is 23.6 Å². The molecule has 0 radical (unpaired) electrons. The fourth-order valence-corrected chi connectivity index (χ4v) is 5.50. The van der Waals surface area contributed by atoms with Gasteiger partial charge in [-0.05, 0) is 25.6 Å². The zero-order valence-corrected chi connectivity index (χ0v) is 19.0.